The lowest BCUT2D eigenvalue weighted by atomic mass is 9.86. The molecule has 0 bridgehead atoms. The van der Waals surface area contributed by atoms with Crippen molar-refractivity contribution in [3.8, 4) is 5.69 Å². The van der Waals surface area contributed by atoms with Crippen molar-refractivity contribution < 1.29 is 4.79 Å². The number of carbonyl (C=O) groups excluding carboxylic acids is 1. The molecular formula is C25H36N4O. The van der Waals surface area contributed by atoms with Crippen LogP contribution in [0.2, 0.25) is 0 Å². The lowest BCUT2D eigenvalue weighted by Crippen LogP contribution is -2.44. The maximum absolute atomic E-state index is 12.4. The fourth-order valence-corrected chi connectivity index (χ4v) is 5.12. The lowest BCUT2D eigenvalue weighted by molar-refractivity contribution is -0.123. The van der Waals surface area contributed by atoms with Crippen LogP contribution in [0.4, 0.5) is 0 Å². The second kappa shape index (κ2) is 9.78. The molecule has 1 aromatic carbocycles. The van der Waals surface area contributed by atoms with Crippen LogP contribution in [0.25, 0.3) is 5.69 Å². The normalized spacial score (nSPS) is 19.1. The molecule has 0 atom stereocenters. The number of rotatable bonds is 6. The molecule has 5 nitrogen and oxygen atoms in total. The van der Waals surface area contributed by atoms with E-state index >= 15 is 0 Å². The number of piperidine rings is 1. The monoisotopic (exact) mass is 408 g/mol. The van der Waals surface area contributed by atoms with Crippen LogP contribution in [-0.4, -0.2) is 39.7 Å². The van der Waals surface area contributed by atoms with Crippen molar-refractivity contribution in [2.75, 3.05) is 13.1 Å². The molecule has 5 heteroatoms. The molecule has 2 aromatic rings. The Morgan fingerprint density at radius 3 is 2.43 bits per heavy atom. The molecular weight excluding hydrogens is 372 g/mol. The Hall–Kier alpha value is -2.14. The largest absolute Gasteiger partial charge is 0.353 e. The van der Waals surface area contributed by atoms with Gasteiger partial charge in [0.2, 0.25) is 5.91 Å². The zero-order valence-corrected chi connectivity index (χ0v) is 18.6. The van der Waals surface area contributed by atoms with Gasteiger partial charge in [-0.2, -0.15) is 5.10 Å². The first-order chi connectivity index (χ1) is 14.6. The summed E-state index contributed by atoms with van der Waals surface area (Å²) < 4.78 is 2.06. The number of benzene rings is 1. The van der Waals surface area contributed by atoms with Crippen LogP contribution >= 0.6 is 0 Å². The van der Waals surface area contributed by atoms with Gasteiger partial charge in [-0.3, -0.25) is 9.69 Å². The molecule has 30 heavy (non-hydrogen) atoms. The summed E-state index contributed by atoms with van der Waals surface area (Å²) in [6.07, 6.45) is 9.24. The SMILES string of the molecule is Cc1nn(-c2ccccc2)c(C)c1CN1CCC(NC(=O)CC2CCCCC2)CC1. The molecule has 1 aliphatic carbocycles. The van der Waals surface area contributed by atoms with Crippen LogP contribution in [0.15, 0.2) is 30.3 Å². The summed E-state index contributed by atoms with van der Waals surface area (Å²) in [7, 11) is 0. The van der Waals surface area contributed by atoms with Crippen molar-refractivity contribution >= 4 is 5.91 Å². The van der Waals surface area contributed by atoms with E-state index in [-0.39, 0.29) is 5.91 Å². The number of likely N-dealkylation sites (tertiary alicyclic amines) is 1. The number of aromatic nitrogens is 2. The molecule has 0 spiro atoms. The third-order valence-corrected chi connectivity index (χ3v) is 6.98. The van der Waals surface area contributed by atoms with Gasteiger partial charge in [-0.05, 0) is 57.6 Å². The second-order valence-electron chi connectivity index (χ2n) is 9.22. The summed E-state index contributed by atoms with van der Waals surface area (Å²) in [6.45, 7) is 7.28. The van der Waals surface area contributed by atoms with Crippen molar-refractivity contribution in [3.63, 3.8) is 0 Å². The smallest absolute Gasteiger partial charge is 0.220 e. The molecule has 1 aromatic heterocycles. The van der Waals surface area contributed by atoms with Crippen molar-refractivity contribution in [2.45, 2.75) is 77.8 Å². The lowest BCUT2D eigenvalue weighted by Gasteiger charge is -2.33. The van der Waals surface area contributed by atoms with E-state index in [0.29, 0.717) is 12.0 Å². The van der Waals surface area contributed by atoms with E-state index in [2.05, 4.69) is 53.0 Å². The predicted octanol–water partition coefficient (Wildman–Crippen LogP) is 4.54. The predicted molar refractivity (Wildman–Crippen MR) is 121 cm³/mol. The second-order valence-corrected chi connectivity index (χ2v) is 9.22. The van der Waals surface area contributed by atoms with Gasteiger partial charge in [-0.1, -0.05) is 37.5 Å². The Morgan fingerprint density at radius 2 is 1.73 bits per heavy atom. The Morgan fingerprint density at radius 1 is 1.03 bits per heavy atom. The summed E-state index contributed by atoms with van der Waals surface area (Å²) in [6, 6.07) is 10.7. The molecule has 2 aliphatic rings. The van der Waals surface area contributed by atoms with E-state index in [1.165, 1.54) is 43.4 Å². The summed E-state index contributed by atoms with van der Waals surface area (Å²) in [4.78, 5) is 15.0. The summed E-state index contributed by atoms with van der Waals surface area (Å²) in [5.41, 5.74) is 4.78. The van der Waals surface area contributed by atoms with E-state index in [1.807, 2.05) is 6.07 Å². The molecule has 2 heterocycles. The molecule has 2 fully saturated rings. The fraction of sp³-hybridized carbons (Fsp3) is 0.600. The molecule has 1 saturated heterocycles. The summed E-state index contributed by atoms with van der Waals surface area (Å²) in [5, 5.41) is 8.11. The standard InChI is InChI=1S/C25H36N4O/c1-19-24(20(2)29(27-19)23-11-7-4-8-12-23)18-28-15-13-22(14-16-28)26-25(30)17-21-9-5-3-6-10-21/h4,7-8,11-12,21-22H,3,5-6,9-10,13-18H2,1-2H3,(H,26,30). The fourth-order valence-electron chi connectivity index (χ4n) is 5.12. The van der Waals surface area contributed by atoms with Crippen molar-refractivity contribution in [3.05, 3.63) is 47.3 Å². The number of aryl methyl sites for hydroxylation is 1. The third-order valence-electron chi connectivity index (χ3n) is 6.98. The third kappa shape index (κ3) is 5.12. The molecule has 1 aliphatic heterocycles. The van der Waals surface area contributed by atoms with Crippen molar-refractivity contribution in [2.24, 2.45) is 5.92 Å². The van der Waals surface area contributed by atoms with Gasteiger partial charge in [0, 0.05) is 43.4 Å². The Balaban J connectivity index is 1.28. The van der Waals surface area contributed by atoms with Gasteiger partial charge in [0.1, 0.15) is 0 Å². The number of para-hydroxylation sites is 1. The van der Waals surface area contributed by atoms with Gasteiger partial charge in [-0.25, -0.2) is 4.68 Å². The number of hydrogen-bond donors (Lipinski definition) is 1. The number of carbonyl (C=O) groups is 1. The van der Waals surface area contributed by atoms with Gasteiger partial charge in [-0.15, -0.1) is 0 Å². The number of nitrogens with one attached hydrogen (secondary N) is 1. The topological polar surface area (TPSA) is 50.2 Å². The Labute approximate surface area is 180 Å². The summed E-state index contributed by atoms with van der Waals surface area (Å²) >= 11 is 0. The Kier molecular flexibility index (Phi) is 6.88. The van der Waals surface area contributed by atoms with Crippen LogP contribution in [0.5, 0.6) is 0 Å². The van der Waals surface area contributed by atoms with Gasteiger partial charge in [0.05, 0.1) is 11.4 Å². The van der Waals surface area contributed by atoms with Gasteiger partial charge in [0.15, 0.2) is 0 Å². The van der Waals surface area contributed by atoms with E-state index in [9.17, 15) is 4.79 Å². The number of hydrogen-bond acceptors (Lipinski definition) is 3. The average Bonchev–Trinajstić information content (AvgIpc) is 3.04. The van der Waals surface area contributed by atoms with Crippen LogP contribution < -0.4 is 5.32 Å². The van der Waals surface area contributed by atoms with Crippen LogP contribution in [0, 0.1) is 19.8 Å². The molecule has 0 radical (unpaired) electrons. The minimum Gasteiger partial charge on any atom is -0.353 e. The first-order valence-electron chi connectivity index (χ1n) is 11.7. The highest BCUT2D eigenvalue weighted by atomic mass is 16.1. The van der Waals surface area contributed by atoms with E-state index in [0.717, 1.165) is 50.3 Å². The molecule has 1 amide bonds. The molecule has 0 unspecified atom stereocenters. The van der Waals surface area contributed by atoms with Crippen LogP contribution in [-0.2, 0) is 11.3 Å². The van der Waals surface area contributed by atoms with E-state index < -0.39 is 0 Å². The van der Waals surface area contributed by atoms with Gasteiger partial charge < -0.3 is 5.32 Å². The van der Waals surface area contributed by atoms with Crippen molar-refractivity contribution in [1.29, 1.82) is 0 Å². The number of amides is 1. The molecule has 1 N–H and O–H groups in total. The van der Waals surface area contributed by atoms with Gasteiger partial charge in [0.25, 0.3) is 0 Å². The van der Waals surface area contributed by atoms with Crippen LogP contribution in [0.1, 0.15) is 68.3 Å². The zero-order chi connectivity index (χ0) is 20.9. The molecule has 4 rings (SSSR count). The van der Waals surface area contributed by atoms with E-state index in [4.69, 9.17) is 5.10 Å². The molecule has 1 saturated carbocycles. The Bertz CT molecular complexity index is 830. The highest BCUT2D eigenvalue weighted by molar-refractivity contribution is 5.76. The quantitative estimate of drug-likeness (QED) is 0.763. The molecule has 162 valence electrons. The minimum atomic E-state index is 0.274. The van der Waals surface area contributed by atoms with Crippen molar-refractivity contribution in [1.82, 2.24) is 20.0 Å². The minimum absolute atomic E-state index is 0.274. The van der Waals surface area contributed by atoms with E-state index in [1.54, 1.807) is 0 Å². The van der Waals surface area contributed by atoms with Gasteiger partial charge >= 0.3 is 0 Å². The average molecular weight is 409 g/mol. The van der Waals surface area contributed by atoms with Crippen LogP contribution in [0.3, 0.4) is 0 Å². The number of nitrogens with zero attached hydrogens (tertiary/aromatic N) is 3. The first-order valence-corrected chi connectivity index (χ1v) is 11.7. The highest BCUT2D eigenvalue weighted by Gasteiger charge is 2.24. The summed E-state index contributed by atoms with van der Waals surface area (Å²) in [5.74, 6) is 0.891. The zero-order valence-electron chi connectivity index (χ0n) is 18.6. The maximum atomic E-state index is 12.4. The first kappa shape index (κ1) is 21.1. The maximum Gasteiger partial charge on any atom is 0.220 e. The highest BCUT2D eigenvalue weighted by Crippen LogP contribution is 2.26.